The average molecular weight is 332 g/mol. The lowest BCUT2D eigenvalue weighted by molar-refractivity contribution is -0.130. The Hall–Kier alpha value is -1.40. The van der Waals surface area contributed by atoms with Crippen molar-refractivity contribution < 1.29 is 9.18 Å². The van der Waals surface area contributed by atoms with Crippen molar-refractivity contribution in [2.24, 2.45) is 0 Å². The largest absolute Gasteiger partial charge is 0.343 e. The van der Waals surface area contributed by atoms with Crippen LogP contribution in [0.4, 0.5) is 10.1 Å². The van der Waals surface area contributed by atoms with E-state index in [1.807, 2.05) is 13.8 Å². The van der Waals surface area contributed by atoms with Gasteiger partial charge in [-0.2, -0.15) is 0 Å². The van der Waals surface area contributed by atoms with E-state index in [0.717, 1.165) is 0 Å². The average Bonchev–Trinajstić information content (AvgIpc) is 2.44. The van der Waals surface area contributed by atoms with Crippen molar-refractivity contribution in [2.45, 2.75) is 13.8 Å². The molecule has 1 aromatic rings. The van der Waals surface area contributed by atoms with Gasteiger partial charge in [0.2, 0.25) is 5.91 Å². The molecular formula is C14H19ClFN3OS. The second kappa shape index (κ2) is 8.14. The number of likely N-dealkylation sites (N-methyl/N-ethyl adjacent to an activating group) is 2. The van der Waals surface area contributed by atoms with Crippen molar-refractivity contribution in [1.29, 1.82) is 0 Å². The van der Waals surface area contributed by atoms with Crippen molar-refractivity contribution >= 4 is 40.5 Å². The number of benzene rings is 1. The van der Waals surface area contributed by atoms with Gasteiger partial charge in [0.05, 0.1) is 11.6 Å². The Balaban J connectivity index is 2.62. The number of amides is 1. The lowest BCUT2D eigenvalue weighted by Crippen LogP contribution is -2.42. The Kier molecular flexibility index (Phi) is 6.84. The van der Waals surface area contributed by atoms with Crippen LogP contribution in [0.3, 0.4) is 0 Å². The number of hydrogen-bond acceptors (Lipinski definition) is 2. The van der Waals surface area contributed by atoms with Gasteiger partial charge in [-0.3, -0.25) is 4.79 Å². The molecule has 0 aliphatic rings. The van der Waals surface area contributed by atoms with Crippen LogP contribution >= 0.6 is 23.8 Å². The van der Waals surface area contributed by atoms with Crippen molar-refractivity contribution in [3.63, 3.8) is 0 Å². The standard InChI is InChI=1S/C14H19ClFN3OS/c1-4-19(5-2)13(20)9-18(3)14(21)17-10-6-7-12(16)11(15)8-10/h6-8H,4-5,9H2,1-3H3,(H,17,21). The van der Waals surface area contributed by atoms with E-state index in [2.05, 4.69) is 5.32 Å². The van der Waals surface area contributed by atoms with E-state index in [9.17, 15) is 9.18 Å². The van der Waals surface area contributed by atoms with Crippen LogP contribution in [0.1, 0.15) is 13.8 Å². The summed E-state index contributed by atoms with van der Waals surface area (Å²) in [7, 11) is 1.72. The molecule has 0 aromatic heterocycles. The fourth-order valence-corrected chi connectivity index (χ4v) is 2.11. The highest BCUT2D eigenvalue weighted by Crippen LogP contribution is 2.19. The van der Waals surface area contributed by atoms with E-state index in [0.29, 0.717) is 23.9 Å². The maximum absolute atomic E-state index is 13.1. The number of hydrogen-bond donors (Lipinski definition) is 1. The highest BCUT2D eigenvalue weighted by atomic mass is 35.5. The van der Waals surface area contributed by atoms with Gasteiger partial charge in [-0.05, 0) is 44.3 Å². The zero-order valence-corrected chi connectivity index (χ0v) is 13.9. The topological polar surface area (TPSA) is 35.6 Å². The summed E-state index contributed by atoms with van der Waals surface area (Å²) in [5.41, 5.74) is 0.577. The smallest absolute Gasteiger partial charge is 0.242 e. The molecule has 0 aliphatic carbocycles. The number of thiocarbonyl (C=S) groups is 1. The summed E-state index contributed by atoms with van der Waals surface area (Å²) in [6.45, 7) is 5.37. The normalized spacial score (nSPS) is 10.1. The van der Waals surface area contributed by atoms with Crippen molar-refractivity contribution in [2.75, 3.05) is 32.0 Å². The molecule has 0 aliphatic heterocycles. The Labute approximate surface area is 134 Å². The number of nitrogens with zero attached hydrogens (tertiary/aromatic N) is 2. The molecular weight excluding hydrogens is 313 g/mol. The third-order valence-corrected chi connectivity index (χ3v) is 3.71. The molecule has 0 saturated carbocycles. The Bertz CT molecular complexity index is 523. The van der Waals surface area contributed by atoms with Gasteiger partial charge >= 0.3 is 0 Å². The van der Waals surface area contributed by atoms with Gasteiger partial charge in [0.25, 0.3) is 0 Å². The minimum atomic E-state index is -0.488. The maximum atomic E-state index is 13.1. The monoisotopic (exact) mass is 331 g/mol. The number of rotatable bonds is 5. The zero-order chi connectivity index (χ0) is 16.0. The van der Waals surface area contributed by atoms with Crippen LogP contribution in [0.5, 0.6) is 0 Å². The molecule has 21 heavy (non-hydrogen) atoms. The molecule has 116 valence electrons. The van der Waals surface area contributed by atoms with E-state index in [4.69, 9.17) is 23.8 Å². The predicted molar refractivity (Wildman–Crippen MR) is 88.2 cm³/mol. The first kappa shape index (κ1) is 17.7. The van der Waals surface area contributed by atoms with Crippen molar-refractivity contribution in [3.05, 3.63) is 29.0 Å². The number of carbonyl (C=O) groups excluding carboxylic acids is 1. The van der Waals surface area contributed by atoms with Gasteiger partial charge in [0.15, 0.2) is 5.11 Å². The summed E-state index contributed by atoms with van der Waals surface area (Å²) in [5, 5.41) is 3.32. The number of halogens is 2. The Morgan fingerprint density at radius 2 is 2.00 bits per heavy atom. The van der Waals surface area contributed by atoms with Crippen LogP contribution in [-0.2, 0) is 4.79 Å². The van der Waals surface area contributed by atoms with Gasteiger partial charge in [-0.25, -0.2) is 4.39 Å². The number of nitrogens with one attached hydrogen (secondary N) is 1. The minimum Gasteiger partial charge on any atom is -0.343 e. The molecule has 0 heterocycles. The fraction of sp³-hybridized carbons (Fsp3) is 0.429. The van der Waals surface area contributed by atoms with E-state index >= 15 is 0 Å². The molecule has 1 aromatic carbocycles. The second-order valence-electron chi connectivity index (χ2n) is 4.48. The summed E-state index contributed by atoms with van der Waals surface area (Å²) in [5.74, 6) is -0.484. The van der Waals surface area contributed by atoms with Crippen molar-refractivity contribution in [1.82, 2.24) is 9.80 Å². The second-order valence-corrected chi connectivity index (χ2v) is 5.28. The van der Waals surface area contributed by atoms with E-state index in [1.165, 1.54) is 18.2 Å². The molecule has 0 radical (unpaired) electrons. The molecule has 1 rings (SSSR count). The molecule has 1 N–H and O–H groups in total. The van der Waals surface area contributed by atoms with Crippen LogP contribution < -0.4 is 5.32 Å². The van der Waals surface area contributed by atoms with E-state index in [-0.39, 0.29) is 17.5 Å². The van der Waals surface area contributed by atoms with Crippen LogP contribution in [0.25, 0.3) is 0 Å². The summed E-state index contributed by atoms with van der Waals surface area (Å²) in [4.78, 5) is 15.4. The highest BCUT2D eigenvalue weighted by Gasteiger charge is 2.14. The van der Waals surface area contributed by atoms with Gasteiger partial charge in [0, 0.05) is 25.8 Å². The summed E-state index contributed by atoms with van der Waals surface area (Å²) >= 11 is 10.9. The van der Waals surface area contributed by atoms with E-state index < -0.39 is 5.82 Å². The summed E-state index contributed by atoms with van der Waals surface area (Å²) < 4.78 is 13.1. The molecule has 4 nitrogen and oxygen atoms in total. The molecule has 0 saturated heterocycles. The number of carbonyl (C=O) groups is 1. The van der Waals surface area contributed by atoms with Gasteiger partial charge in [-0.15, -0.1) is 0 Å². The molecule has 0 spiro atoms. The molecule has 0 fully saturated rings. The van der Waals surface area contributed by atoms with Gasteiger partial charge < -0.3 is 15.1 Å². The molecule has 0 bridgehead atoms. The molecule has 0 unspecified atom stereocenters. The zero-order valence-electron chi connectivity index (χ0n) is 12.3. The van der Waals surface area contributed by atoms with Gasteiger partial charge in [0.1, 0.15) is 5.82 Å². The first-order chi connectivity index (χ1) is 9.88. The van der Waals surface area contributed by atoms with Crippen molar-refractivity contribution in [3.8, 4) is 0 Å². The first-order valence-electron chi connectivity index (χ1n) is 6.64. The third-order valence-electron chi connectivity index (χ3n) is 3.01. The van der Waals surface area contributed by atoms with Crippen LogP contribution in [0, 0.1) is 5.82 Å². The quantitative estimate of drug-likeness (QED) is 0.841. The summed E-state index contributed by atoms with van der Waals surface area (Å²) in [6.07, 6.45) is 0. The maximum Gasteiger partial charge on any atom is 0.242 e. The lowest BCUT2D eigenvalue weighted by Gasteiger charge is -2.25. The fourth-order valence-electron chi connectivity index (χ4n) is 1.74. The van der Waals surface area contributed by atoms with Crippen LogP contribution in [0.15, 0.2) is 18.2 Å². The first-order valence-corrected chi connectivity index (χ1v) is 7.42. The van der Waals surface area contributed by atoms with Crippen LogP contribution in [-0.4, -0.2) is 47.5 Å². The Morgan fingerprint density at radius 1 is 1.38 bits per heavy atom. The molecule has 1 amide bonds. The highest BCUT2D eigenvalue weighted by molar-refractivity contribution is 7.80. The SMILES string of the molecule is CCN(CC)C(=O)CN(C)C(=S)Nc1ccc(F)c(Cl)c1. The lowest BCUT2D eigenvalue weighted by atomic mass is 10.3. The van der Waals surface area contributed by atoms with E-state index in [1.54, 1.807) is 16.8 Å². The summed E-state index contributed by atoms with van der Waals surface area (Å²) in [6, 6.07) is 4.24. The van der Waals surface area contributed by atoms with Gasteiger partial charge in [-0.1, -0.05) is 11.6 Å². The van der Waals surface area contributed by atoms with Crippen LogP contribution in [0.2, 0.25) is 5.02 Å². The minimum absolute atomic E-state index is 0.00351. The molecule has 7 heteroatoms. The number of anilines is 1. The predicted octanol–water partition coefficient (Wildman–Crippen LogP) is 2.98. The molecule has 0 atom stereocenters. The third kappa shape index (κ3) is 5.13. The Morgan fingerprint density at radius 3 is 2.52 bits per heavy atom.